The fraction of sp³-hybridized carbons (Fsp3) is 0.526. The summed E-state index contributed by atoms with van der Waals surface area (Å²) in [6.45, 7) is 2.41. The summed E-state index contributed by atoms with van der Waals surface area (Å²) in [5, 5.41) is 11.3. The second kappa shape index (κ2) is 8.00. The van der Waals surface area contributed by atoms with Crippen LogP contribution in [0.2, 0.25) is 0 Å². The summed E-state index contributed by atoms with van der Waals surface area (Å²) in [6, 6.07) is 6.30. The van der Waals surface area contributed by atoms with Crippen molar-refractivity contribution in [2.75, 3.05) is 36.0 Å². The number of nitrogens with one attached hydrogen (secondary N) is 1. The molecule has 2 aliphatic rings. The lowest BCUT2D eigenvalue weighted by molar-refractivity contribution is -0.119. The zero-order chi connectivity index (χ0) is 20.3. The average molecular weight is 392 g/mol. The first-order chi connectivity index (χ1) is 13.3. The lowest BCUT2D eigenvalue weighted by atomic mass is 9.90. The van der Waals surface area contributed by atoms with Gasteiger partial charge in [0.1, 0.15) is 17.6 Å². The molecular formula is C19H22F2N4O3. The van der Waals surface area contributed by atoms with Gasteiger partial charge < -0.3 is 15.0 Å². The van der Waals surface area contributed by atoms with Gasteiger partial charge >= 0.3 is 6.09 Å². The summed E-state index contributed by atoms with van der Waals surface area (Å²) in [5.74, 6) is -0.735. The number of carbonyl (C=O) groups excluding carboxylic acids is 2. The Morgan fingerprint density at radius 2 is 2.14 bits per heavy atom. The highest BCUT2D eigenvalue weighted by molar-refractivity contribution is 5.90. The highest BCUT2D eigenvalue weighted by atomic mass is 19.1. The predicted molar refractivity (Wildman–Crippen MR) is 98.2 cm³/mol. The first kappa shape index (κ1) is 19.9. The SMILES string of the molecule is CC(=O)NC[C@H]1CN(c2ccc(N3CCC(F)(CC#N)CC3)c(F)c2)C(=O)O1. The van der Waals surface area contributed by atoms with Gasteiger partial charge in [-0.3, -0.25) is 9.69 Å². The lowest BCUT2D eigenvalue weighted by Gasteiger charge is -2.36. The van der Waals surface area contributed by atoms with Gasteiger partial charge in [-0.15, -0.1) is 0 Å². The van der Waals surface area contributed by atoms with E-state index < -0.39 is 23.7 Å². The third kappa shape index (κ3) is 4.32. The van der Waals surface area contributed by atoms with E-state index in [4.69, 9.17) is 10.00 Å². The Balaban J connectivity index is 1.66. The van der Waals surface area contributed by atoms with Crippen molar-refractivity contribution in [2.24, 2.45) is 0 Å². The molecule has 0 unspecified atom stereocenters. The summed E-state index contributed by atoms with van der Waals surface area (Å²) in [5.41, 5.74) is -0.813. The maximum atomic E-state index is 14.7. The number of carbonyl (C=O) groups is 2. The van der Waals surface area contributed by atoms with Gasteiger partial charge in [-0.1, -0.05) is 0 Å². The molecule has 150 valence electrons. The van der Waals surface area contributed by atoms with Crippen LogP contribution in [0.5, 0.6) is 0 Å². The fourth-order valence-corrected chi connectivity index (χ4v) is 3.48. The van der Waals surface area contributed by atoms with Gasteiger partial charge in [-0.05, 0) is 31.0 Å². The van der Waals surface area contributed by atoms with Crippen LogP contribution < -0.4 is 15.1 Å². The summed E-state index contributed by atoms with van der Waals surface area (Å²) < 4.78 is 34.3. The normalized spacial score (nSPS) is 21.2. The lowest BCUT2D eigenvalue weighted by Crippen LogP contribution is -2.42. The largest absolute Gasteiger partial charge is 0.442 e. The van der Waals surface area contributed by atoms with Gasteiger partial charge in [0, 0.05) is 20.0 Å². The molecule has 2 fully saturated rings. The predicted octanol–water partition coefficient (Wildman–Crippen LogP) is 2.51. The van der Waals surface area contributed by atoms with Gasteiger partial charge in [0.05, 0.1) is 37.0 Å². The minimum atomic E-state index is -1.51. The summed E-state index contributed by atoms with van der Waals surface area (Å²) >= 11 is 0. The van der Waals surface area contributed by atoms with Crippen LogP contribution in [0.3, 0.4) is 0 Å². The molecule has 1 atom stereocenters. The van der Waals surface area contributed by atoms with Gasteiger partial charge in [-0.25, -0.2) is 13.6 Å². The molecule has 2 heterocycles. The molecular weight excluding hydrogens is 370 g/mol. The van der Waals surface area contributed by atoms with Gasteiger partial charge in [0.2, 0.25) is 5.91 Å². The Bertz CT molecular complexity index is 803. The molecule has 28 heavy (non-hydrogen) atoms. The number of piperidine rings is 1. The molecule has 9 heteroatoms. The van der Waals surface area contributed by atoms with E-state index in [1.807, 2.05) is 6.07 Å². The molecule has 0 spiro atoms. The monoisotopic (exact) mass is 392 g/mol. The second-order valence-corrected chi connectivity index (χ2v) is 7.16. The van der Waals surface area contributed by atoms with Crippen LogP contribution in [-0.4, -0.2) is 50.0 Å². The number of amides is 2. The van der Waals surface area contributed by atoms with Crippen molar-refractivity contribution in [2.45, 2.75) is 38.0 Å². The third-order valence-corrected chi connectivity index (χ3v) is 5.09. The van der Waals surface area contributed by atoms with Crippen LogP contribution >= 0.6 is 0 Å². The topological polar surface area (TPSA) is 85.7 Å². The van der Waals surface area contributed by atoms with E-state index in [0.717, 1.165) is 0 Å². The Morgan fingerprint density at radius 1 is 1.43 bits per heavy atom. The highest BCUT2D eigenvalue weighted by Gasteiger charge is 2.36. The zero-order valence-electron chi connectivity index (χ0n) is 15.6. The van der Waals surface area contributed by atoms with Crippen molar-refractivity contribution in [1.29, 1.82) is 5.26 Å². The highest BCUT2D eigenvalue weighted by Crippen LogP contribution is 2.34. The van der Waals surface area contributed by atoms with Crippen LogP contribution in [-0.2, 0) is 9.53 Å². The molecule has 2 saturated heterocycles. The van der Waals surface area contributed by atoms with E-state index in [-0.39, 0.29) is 38.3 Å². The number of benzene rings is 1. The van der Waals surface area contributed by atoms with Crippen LogP contribution in [0.15, 0.2) is 18.2 Å². The fourth-order valence-electron chi connectivity index (χ4n) is 3.48. The van der Waals surface area contributed by atoms with E-state index in [9.17, 15) is 18.4 Å². The van der Waals surface area contributed by atoms with Gasteiger partial charge in [-0.2, -0.15) is 5.26 Å². The number of ether oxygens (including phenoxy) is 1. The molecule has 1 N–H and O–H groups in total. The van der Waals surface area contributed by atoms with Crippen molar-refractivity contribution in [1.82, 2.24) is 5.32 Å². The molecule has 1 aromatic rings. The molecule has 0 aromatic heterocycles. The first-order valence-corrected chi connectivity index (χ1v) is 9.14. The van der Waals surface area contributed by atoms with E-state index in [2.05, 4.69) is 5.32 Å². The van der Waals surface area contributed by atoms with Crippen molar-refractivity contribution in [3.8, 4) is 6.07 Å². The summed E-state index contributed by atoms with van der Waals surface area (Å²) in [7, 11) is 0. The van der Waals surface area contributed by atoms with Gasteiger partial charge in [0.15, 0.2) is 0 Å². The second-order valence-electron chi connectivity index (χ2n) is 7.16. The standard InChI is InChI=1S/C19H22F2N4O3/c1-13(26)23-11-15-12-25(18(27)28-15)14-2-3-17(16(20)10-14)24-8-5-19(21,4-7-22)6-9-24/h2-3,10,15H,4-6,8-9,11-12H2,1H3,(H,23,26)/t15-/m0/s1. The summed E-state index contributed by atoms with van der Waals surface area (Å²) in [4.78, 5) is 26.1. The van der Waals surface area contributed by atoms with Crippen LogP contribution in [0.25, 0.3) is 0 Å². The molecule has 0 saturated carbocycles. The van der Waals surface area contributed by atoms with Crippen LogP contribution in [0.4, 0.5) is 25.0 Å². The van der Waals surface area contributed by atoms with Crippen molar-refractivity contribution < 1.29 is 23.1 Å². The number of nitriles is 1. The minimum Gasteiger partial charge on any atom is -0.442 e. The Labute approximate surface area is 161 Å². The zero-order valence-corrected chi connectivity index (χ0v) is 15.6. The average Bonchev–Trinajstić information content (AvgIpc) is 3.02. The molecule has 2 aliphatic heterocycles. The Morgan fingerprint density at radius 3 is 2.75 bits per heavy atom. The molecule has 0 bridgehead atoms. The first-order valence-electron chi connectivity index (χ1n) is 9.14. The number of anilines is 2. The number of hydrogen-bond donors (Lipinski definition) is 1. The number of rotatable bonds is 5. The number of halogens is 2. The molecule has 0 aliphatic carbocycles. The molecule has 0 radical (unpaired) electrons. The Kier molecular flexibility index (Phi) is 5.68. The van der Waals surface area contributed by atoms with E-state index in [0.29, 0.717) is 24.5 Å². The molecule has 3 rings (SSSR count). The summed E-state index contributed by atoms with van der Waals surface area (Å²) in [6.07, 6.45) is -0.909. The number of hydrogen-bond acceptors (Lipinski definition) is 5. The molecule has 7 nitrogen and oxygen atoms in total. The van der Waals surface area contributed by atoms with Crippen molar-refractivity contribution in [3.63, 3.8) is 0 Å². The van der Waals surface area contributed by atoms with Gasteiger partial charge in [0.25, 0.3) is 0 Å². The number of cyclic esters (lactones) is 1. The van der Waals surface area contributed by atoms with Crippen LogP contribution in [0.1, 0.15) is 26.2 Å². The van der Waals surface area contributed by atoms with E-state index in [1.165, 1.54) is 17.9 Å². The third-order valence-electron chi connectivity index (χ3n) is 5.09. The van der Waals surface area contributed by atoms with E-state index >= 15 is 0 Å². The minimum absolute atomic E-state index is 0.154. The smallest absolute Gasteiger partial charge is 0.414 e. The molecule has 1 aromatic carbocycles. The van der Waals surface area contributed by atoms with Crippen LogP contribution in [0, 0.1) is 17.1 Å². The quantitative estimate of drug-likeness (QED) is 0.832. The maximum Gasteiger partial charge on any atom is 0.414 e. The van der Waals surface area contributed by atoms with Crippen molar-refractivity contribution in [3.05, 3.63) is 24.0 Å². The maximum absolute atomic E-state index is 14.7. The van der Waals surface area contributed by atoms with Crippen molar-refractivity contribution >= 4 is 23.4 Å². The number of nitrogens with zero attached hydrogens (tertiary/aromatic N) is 3. The number of alkyl halides is 1. The molecule has 2 amide bonds. The Hall–Kier alpha value is -2.89. The van der Waals surface area contributed by atoms with E-state index in [1.54, 1.807) is 17.0 Å².